The van der Waals surface area contributed by atoms with Gasteiger partial charge in [0.15, 0.2) is 0 Å². The van der Waals surface area contributed by atoms with Crippen LogP contribution in [0, 0.1) is 28.5 Å². The van der Waals surface area contributed by atoms with Crippen molar-refractivity contribution in [1.82, 2.24) is 19.4 Å². The van der Waals surface area contributed by atoms with Gasteiger partial charge in [-0.05, 0) is 49.7 Å². The molecule has 0 N–H and O–H groups in total. The van der Waals surface area contributed by atoms with Crippen LogP contribution in [0.25, 0.3) is 11.0 Å². The number of methoxy groups -OCH3 is 1. The minimum Gasteiger partial charge on any atom is -0.473 e. The molecule has 12 heteroatoms. The number of carbonyl (C=O) groups is 1. The molecule has 2 atom stereocenters. The van der Waals surface area contributed by atoms with Crippen LogP contribution in [0.2, 0.25) is 0 Å². The maximum absolute atomic E-state index is 14.4. The van der Waals surface area contributed by atoms with E-state index in [9.17, 15) is 14.4 Å². The number of fused-ring (bicyclic) bond motifs is 1. The highest BCUT2D eigenvalue weighted by atomic mass is 19.1. The van der Waals surface area contributed by atoms with Gasteiger partial charge >= 0.3 is 5.97 Å². The maximum atomic E-state index is 14.4. The number of rotatable bonds is 9. The Morgan fingerprint density at radius 2 is 1.84 bits per heavy atom. The smallest absolute Gasteiger partial charge is 0.337 e. The van der Waals surface area contributed by atoms with Gasteiger partial charge in [-0.2, -0.15) is 15.5 Å². The first-order chi connectivity index (χ1) is 21.9. The number of imidazole rings is 1. The highest BCUT2D eigenvalue weighted by Crippen LogP contribution is 2.30. The lowest BCUT2D eigenvalue weighted by atomic mass is 10.1. The third kappa shape index (κ3) is 6.29. The third-order valence-corrected chi connectivity index (χ3v) is 8.41. The van der Waals surface area contributed by atoms with E-state index in [0.717, 1.165) is 43.0 Å². The fourth-order valence-corrected chi connectivity index (χ4v) is 5.71. The maximum Gasteiger partial charge on any atom is 0.337 e. The van der Waals surface area contributed by atoms with E-state index >= 15 is 0 Å². The summed E-state index contributed by atoms with van der Waals surface area (Å²) in [6.07, 6.45) is 1.08. The molecule has 2 fully saturated rings. The number of aromatic nitrogens is 3. The van der Waals surface area contributed by atoms with Crippen molar-refractivity contribution >= 4 is 22.8 Å². The predicted octanol–water partition coefficient (Wildman–Crippen LogP) is 4.35. The molecule has 0 spiro atoms. The van der Waals surface area contributed by atoms with Gasteiger partial charge in [0.2, 0.25) is 5.88 Å². The van der Waals surface area contributed by atoms with Crippen LogP contribution in [0.5, 0.6) is 5.88 Å². The first-order valence-electron chi connectivity index (χ1n) is 14.8. The largest absolute Gasteiger partial charge is 0.473 e. The van der Waals surface area contributed by atoms with Gasteiger partial charge in [-0.25, -0.2) is 14.2 Å². The van der Waals surface area contributed by atoms with Crippen molar-refractivity contribution in [2.45, 2.75) is 38.6 Å². The average molecular weight is 610 g/mol. The molecular formula is C33H32FN7O4. The summed E-state index contributed by atoms with van der Waals surface area (Å²) in [5.41, 5.74) is 3.08. The zero-order chi connectivity index (χ0) is 31.5. The molecule has 0 amide bonds. The average Bonchev–Trinajstić information content (AvgIpc) is 3.42. The van der Waals surface area contributed by atoms with Crippen LogP contribution in [0.3, 0.4) is 0 Å². The van der Waals surface area contributed by atoms with Crippen molar-refractivity contribution in [1.29, 1.82) is 10.5 Å². The Morgan fingerprint density at radius 3 is 2.51 bits per heavy atom. The molecule has 230 valence electrons. The standard InChI is InChI=1S/C33H32FN7O4/c1-21(32-37-28-6-5-24(33(42)43-2)16-29(28)41(32)19-26-7-12-44-26)39-8-10-40(11-9-39)30-14-23(18-36)15-31(38-30)45-20-25-4-3-22(17-35)13-27(25)34/h3-6,13-16,21,26H,7-12,19-20H2,1-2H3/t21-,26?/m0/s1. The van der Waals surface area contributed by atoms with Gasteiger partial charge in [0.25, 0.3) is 0 Å². The lowest BCUT2D eigenvalue weighted by molar-refractivity contribution is -0.0594. The first-order valence-corrected chi connectivity index (χ1v) is 14.8. The molecule has 0 saturated carbocycles. The molecule has 2 aromatic heterocycles. The van der Waals surface area contributed by atoms with Crippen molar-refractivity contribution < 1.29 is 23.4 Å². The van der Waals surface area contributed by atoms with E-state index in [4.69, 9.17) is 24.5 Å². The summed E-state index contributed by atoms with van der Waals surface area (Å²) in [6.45, 7) is 6.23. The van der Waals surface area contributed by atoms with Crippen LogP contribution in [0.1, 0.15) is 52.3 Å². The summed E-state index contributed by atoms with van der Waals surface area (Å²) in [4.78, 5) is 26.3. The number of esters is 1. The van der Waals surface area contributed by atoms with E-state index in [1.54, 1.807) is 12.1 Å². The molecule has 1 unspecified atom stereocenters. The molecule has 2 aliphatic heterocycles. The molecule has 45 heavy (non-hydrogen) atoms. The van der Waals surface area contributed by atoms with Gasteiger partial charge in [0, 0.05) is 44.4 Å². The molecule has 2 saturated heterocycles. The van der Waals surface area contributed by atoms with Crippen molar-refractivity contribution in [2.24, 2.45) is 0 Å². The highest BCUT2D eigenvalue weighted by Gasteiger charge is 2.29. The number of nitrogens with zero attached hydrogens (tertiary/aromatic N) is 7. The molecule has 2 aliphatic rings. The molecule has 0 aliphatic carbocycles. The summed E-state index contributed by atoms with van der Waals surface area (Å²) in [5.74, 6) is 0.822. The minimum absolute atomic E-state index is 0.0131. The number of carbonyl (C=O) groups excluding carboxylic acids is 1. The van der Waals surface area contributed by atoms with Crippen molar-refractivity contribution in [2.75, 3.05) is 44.8 Å². The third-order valence-electron chi connectivity index (χ3n) is 8.41. The number of ether oxygens (including phenoxy) is 3. The summed E-state index contributed by atoms with van der Waals surface area (Å²) >= 11 is 0. The van der Waals surface area contributed by atoms with E-state index in [-0.39, 0.29) is 36.2 Å². The van der Waals surface area contributed by atoms with Gasteiger partial charge in [0.1, 0.15) is 24.1 Å². The fraction of sp³-hybridized carbons (Fsp3) is 0.364. The monoisotopic (exact) mass is 609 g/mol. The van der Waals surface area contributed by atoms with Crippen LogP contribution in [-0.2, 0) is 22.6 Å². The summed E-state index contributed by atoms with van der Waals surface area (Å²) in [7, 11) is 1.37. The second-order valence-electron chi connectivity index (χ2n) is 11.1. The Balaban J connectivity index is 1.17. The van der Waals surface area contributed by atoms with Gasteiger partial charge in [-0.3, -0.25) is 4.90 Å². The number of hydrogen-bond acceptors (Lipinski definition) is 10. The van der Waals surface area contributed by atoms with E-state index in [1.807, 2.05) is 18.2 Å². The zero-order valence-corrected chi connectivity index (χ0v) is 25.1. The zero-order valence-electron chi connectivity index (χ0n) is 25.1. The normalized spacial score (nSPS) is 17.3. The van der Waals surface area contributed by atoms with Crippen LogP contribution in [0.4, 0.5) is 10.2 Å². The Kier molecular flexibility index (Phi) is 8.60. The molecule has 6 rings (SSSR count). The van der Waals surface area contributed by atoms with Gasteiger partial charge in [-0.15, -0.1) is 0 Å². The molecule has 0 bridgehead atoms. The molecule has 11 nitrogen and oxygen atoms in total. The van der Waals surface area contributed by atoms with Gasteiger partial charge in [-0.1, -0.05) is 6.07 Å². The minimum atomic E-state index is -0.534. The number of piperazine rings is 1. The van der Waals surface area contributed by atoms with E-state index < -0.39 is 5.82 Å². The van der Waals surface area contributed by atoms with Crippen molar-refractivity contribution in [3.05, 3.63) is 82.4 Å². The topological polar surface area (TPSA) is 130 Å². The second kappa shape index (κ2) is 12.9. The molecular weight excluding hydrogens is 577 g/mol. The lowest BCUT2D eigenvalue weighted by Crippen LogP contribution is -2.48. The number of hydrogen-bond donors (Lipinski definition) is 0. The Bertz CT molecular complexity index is 1820. The summed E-state index contributed by atoms with van der Waals surface area (Å²) in [6, 6.07) is 17.0. The van der Waals surface area contributed by atoms with E-state index in [1.165, 1.54) is 31.4 Å². The molecule has 0 radical (unpaired) electrons. The molecule has 4 heterocycles. The highest BCUT2D eigenvalue weighted by molar-refractivity contribution is 5.93. The van der Waals surface area contributed by atoms with Crippen LogP contribution in [-0.4, -0.2) is 71.4 Å². The number of anilines is 1. The van der Waals surface area contributed by atoms with Crippen LogP contribution >= 0.6 is 0 Å². The first kappa shape index (κ1) is 30.0. The van der Waals surface area contributed by atoms with Crippen LogP contribution < -0.4 is 9.64 Å². The second-order valence-corrected chi connectivity index (χ2v) is 11.1. The van der Waals surface area contributed by atoms with Crippen molar-refractivity contribution in [3.63, 3.8) is 0 Å². The van der Waals surface area contributed by atoms with Crippen LogP contribution in [0.15, 0.2) is 48.5 Å². The molecule has 4 aromatic rings. The van der Waals surface area contributed by atoms with E-state index in [0.29, 0.717) is 42.1 Å². The van der Waals surface area contributed by atoms with Crippen molar-refractivity contribution in [3.8, 4) is 18.0 Å². The predicted molar refractivity (Wildman–Crippen MR) is 162 cm³/mol. The number of benzene rings is 2. The molecule has 2 aromatic carbocycles. The summed E-state index contributed by atoms with van der Waals surface area (Å²) in [5, 5.41) is 18.6. The van der Waals surface area contributed by atoms with Gasteiger partial charge < -0.3 is 23.7 Å². The lowest BCUT2D eigenvalue weighted by Gasteiger charge is -2.38. The number of pyridine rings is 1. The number of nitriles is 2. The van der Waals surface area contributed by atoms with E-state index in [2.05, 4.69) is 32.3 Å². The Hall–Kier alpha value is -5.04. The fourth-order valence-electron chi connectivity index (χ4n) is 5.71. The summed E-state index contributed by atoms with van der Waals surface area (Å²) < 4.78 is 33.0. The Morgan fingerprint density at radius 1 is 1.07 bits per heavy atom. The number of halogens is 1. The quantitative estimate of drug-likeness (QED) is 0.253. The Labute approximate surface area is 260 Å². The van der Waals surface area contributed by atoms with Gasteiger partial charge in [0.05, 0.1) is 65.7 Å². The SMILES string of the molecule is COC(=O)c1ccc2nc([C@H](C)N3CCN(c4cc(C#N)cc(OCc5ccc(C#N)cc5F)n4)CC3)n(CC3CCO3)c2c1.